The Morgan fingerprint density at radius 1 is 1.15 bits per heavy atom. The van der Waals surface area contributed by atoms with E-state index < -0.39 is 11.7 Å². The Bertz CT molecular complexity index is 1270. The third-order valence-electron chi connectivity index (χ3n) is 7.62. The van der Waals surface area contributed by atoms with Gasteiger partial charge in [-0.2, -0.15) is 13.2 Å². The van der Waals surface area contributed by atoms with Crippen molar-refractivity contribution >= 4 is 18.0 Å². The van der Waals surface area contributed by atoms with Crippen LogP contribution in [0.2, 0.25) is 0 Å². The molecule has 2 aromatic carbocycles. The molecule has 0 aliphatic carbocycles. The molecule has 7 heteroatoms. The maximum atomic E-state index is 13.1. The molecular weight excluding hydrogens is 539 g/mol. The molecule has 2 atom stereocenters. The molecule has 3 nitrogen and oxygen atoms in total. The number of hydrogen-bond donors (Lipinski definition) is 2. The standard InChI is InChI=1S/C34H40F3N3S/c1-4-6-8-32-31(28-13-15-29(16-14-28)34(35,36)37)9-7-10-33(32)41-39-30-18-20-40(24-30)23-26(5-2)12-11-25(3)21-27-17-19-38-22-27/h4-16,27,30,38-39H,1,3,17-24H2,2H3/b8-6+,12-11-,26-5+. The SMILES string of the molecule is C=C/C=C/c1c(SNC2CCN(CC(/C=C\C(=C)CC3CCNC3)=C/C)C2)cccc1-c1ccc(C(F)(F)F)cc1. The normalized spacial score (nSPS) is 20.4. The zero-order valence-electron chi connectivity index (χ0n) is 23.7. The number of halogens is 3. The molecule has 0 saturated carbocycles. The van der Waals surface area contributed by atoms with E-state index in [4.69, 9.17) is 0 Å². The van der Waals surface area contributed by atoms with Crippen molar-refractivity contribution in [3.05, 3.63) is 108 Å². The van der Waals surface area contributed by atoms with Gasteiger partial charge in [0.2, 0.25) is 0 Å². The molecule has 2 aliphatic heterocycles. The van der Waals surface area contributed by atoms with E-state index >= 15 is 0 Å². The van der Waals surface area contributed by atoms with Crippen molar-refractivity contribution in [3.63, 3.8) is 0 Å². The van der Waals surface area contributed by atoms with Crippen LogP contribution in [0.4, 0.5) is 13.2 Å². The summed E-state index contributed by atoms with van der Waals surface area (Å²) in [6, 6.07) is 11.6. The summed E-state index contributed by atoms with van der Waals surface area (Å²) < 4.78 is 42.9. The van der Waals surface area contributed by atoms with E-state index in [2.05, 4.69) is 53.2 Å². The predicted molar refractivity (Wildman–Crippen MR) is 168 cm³/mol. The van der Waals surface area contributed by atoms with E-state index in [0.717, 1.165) is 79.3 Å². The van der Waals surface area contributed by atoms with Crippen molar-refractivity contribution in [3.8, 4) is 11.1 Å². The highest BCUT2D eigenvalue weighted by molar-refractivity contribution is 7.97. The highest BCUT2D eigenvalue weighted by atomic mass is 32.2. The van der Waals surface area contributed by atoms with Gasteiger partial charge in [-0.1, -0.05) is 79.5 Å². The van der Waals surface area contributed by atoms with E-state index in [-0.39, 0.29) is 0 Å². The molecule has 0 radical (unpaired) electrons. The molecule has 41 heavy (non-hydrogen) atoms. The van der Waals surface area contributed by atoms with Crippen LogP contribution >= 0.6 is 11.9 Å². The quantitative estimate of drug-likeness (QED) is 0.195. The molecule has 218 valence electrons. The van der Waals surface area contributed by atoms with Crippen molar-refractivity contribution in [2.45, 2.75) is 43.3 Å². The first-order valence-electron chi connectivity index (χ1n) is 14.2. The lowest BCUT2D eigenvalue weighted by molar-refractivity contribution is -0.137. The monoisotopic (exact) mass is 579 g/mol. The lowest BCUT2D eigenvalue weighted by atomic mass is 9.98. The number of nitrogens with one attached hydrogen (secondary N) is 2. The Kier molecular flexibility index (Phi) is 11.3. The summed E-state index contributed by atoms with van der Waals surface area (Å²) in [5, 5.41) is 3.42. The minimum Gasteiger partial charge on any atom is -0.316 e. The number of likely N-dealkylation sites (tertiary alicyclic amines) is 1. The maximum absolute atomic E-state index is 13.1. The van der Waals surface area contributed by atoms with Gasteiger partial charge in [-0.3, -0.25) is 9.62 Å². The van der Waals surface area contributed by atoms with E-state index in [9.17, 15) is 13.2 Å². The molecule has 2 N–H and O–H groups in total. The summed E-state index contributed by atoms with van der Waals surface area (Å²) in [6.07, 6.45) is 11.1. The number of nitrogens with zero attached hydrogens (tertiary/aromatic N) is 1. The fourth-order valence-corrected chi connectivity index (χ4v) is 6.25. The maximum Gasteiger partial charge on any atom is 0.416 e. The van der Waals surface area contributed by atoms with E-state index in [0.29, 0.717) is 12.0 Å². The topological polar surface area (TPSA) is 27.3 Å². The number of allylic oxidation sites excluding steroid dienone is 5. The van der Waals surface area contributed by atoms with Gasteiger partial charge in [-0.15, -0.1) is 0 Å². The number of benzene rings is 2. The van der Waals surface area contributed by atoms with Crippen LogP contribution in [0.5, 0.6) is 0 Å². The van der Waals surface area contributed by atoms with Crippen LogP contribution in [0.25, 0.3) is 17.2 Å². The van der Waals surface area contributed by atoms with Gasteiger partial charge in [-0.05, 0) is 97.6 Å². The predicted octanol–water partition coefficient (Wildman–Crippen LogP) is 8.30. The van der Waals surface area contributed by atoms with E-state index in [1.54, 1.807) is 18.0 Å². The number of rotatable bonds is 12. The molecular formula is C34H40F3N3S. The van der Waals surface area contributed by atoms with Gasteiger partial charge >= 0.3 is 6.18 Å². The summed E-state index contributed by atoms with van der Waals surface area (Å²) >= 11 is 1.58. The smallest absolute Gasteiger partial charge is 0.316 e. The van der Waals surface area contributed by atoms with Crippen molar-refractivity contribution < 1.29 is 13.2 Å². The summed E-state index contributed by atoms with van der Waals surface area (Å²) in [6.45, 7) is 15.2. The minimum absolute atomic E-state index is 0.331. The Morgan fingerprint density at radius 3 is 2.63 bits per heavy atom. The molecule has 2 aromatic rings. The van der Waals surface area contributed by atoms with Crippen LogP contribution < -0.4 is 10.0 Å². The summed E-state index contributed by atoms with van der Waals surface area (Å²) in [7, 11) is 0. The van der Waals surface area contributed by atoms with Crippen LogP contribution in [0.3, 0.4) is 0 Å². The van der Waals surface area contributed by atoms with Crippen molar-refractivity contribution in [2.24, 2.45) is 5.92 Å². The van der Waals surface area contributed by atoms with Crippen LogP contribution in [-0.4, -0.2) is 43.7 Å². The van der Waals surface area contributed by atoms with Gasteiger partial charge < -0.3 is 5.32 Å². The largest absolute Gasteiger partial charge is 0.416 e. The Hall–Kier alpha value is -2.84. The fourth-order valence-electron chi connectivity index (χ4n) is 5.33. The Morgan fingerprint density at radius 2 is 1.95 bits per heavy atom. The van der Waals surface area contributed by atoms with Gasteiger partial charge in [0.15, 0.2) is 0 Å². The average Bonchev–Trinajstić information content (AvgIpc) is 3.64. The first-order valence-corrected chi connectivity index (χ1v) is 15.0. The second-order valence-corrected chi connectivity index (χ2v) is 11.6. The minimum atomic E-state index is -4.35. The molecule has 2 unspecified atom stereocenters. The Labute approximate surface area is 247 Å². The molecule has 2 fully saturated rings. The van der Waals surface area contributed by atoms with Gasteiger partial charge in [0.1, 0.15) is 0 Å². The number of alkyl halides is 3. The van der Waals surface area contributed by atoms with E-state index in [1.165, 1.54) is 29.7 Å². The molecule has 4 rings (SSSR count). The lowest BCUT2D eigenvalue weighted by Crippen LogP contribution is -2.29. The van der Waals surface area contributed by atoms with Crippen LogP contribution in [0, 0.1) is 5.92 Å². The highest BCUT2D eigenvalue weighted by Crippen LogP contribution is 2.35. The lowest BCUT2D eigenvalue weighted by Gasteiger charge is -2.18. The fraction of sp³-hybridized carbons (Fsp3) is 0.353. The summed E-state index contributed by atoms with van der Waals surface area (Å²) in [5.41, 5.74) is 4.41. The second-order valence-electron chi connectivity index (χ2n) is 10.7. The molecule has 0 aromatic heterocycles. The van der Waals surface area contributed by atoms with E-state index in [1.807, 2.05) is 30.4 Å². The zero-order valence-corrected chi connectivity index (χ0v) is 24.5. The number of hydrogen-bond acceptors (Lipinski definition) is 4. The molecule has 2 heterocycles. The second kappa shape index (κ2) is 14.9. The zero-order chi connectivity index (χ0) is 29.2. The first kappa shape index (κ1) is 31.1. The van der Waals surface area contributed by atoms with Gasteiger partial charge in [0, 0.05) is 30.6 Å². The molecule has 2 aliphatic rings. The Balaban J connectivity index is 1.36. The van der Waals surface area contributed by atoms with Crippen molar-refractivity contribution in [1.82, 2.24) is 14.9 Å². The van der Waals surface area contributed by atoms with Crippen LogP contribution in [0.15, 0.2) is 102 Å². The average molecular weight is 580 g/mol. The highest BCUT2D eigenvalue weighted by Gasteiger charge is 2.30. The van der Waals surface area contributed by atoms with Gasteiger partial charge in [0.05, 0.1) is 5.56 Å². The van der Waals surface area contributed by atoms with Gasteiger partial charge in [0.25, 0.3) is 0 Å². The molecule has 2 saturated heterocycles. The third-order valence-corrected chi connectivity index (χ3v) is 8.65. The summed E-state index contributed by atoms with van der Waals surface area (Å²) in [5.74, 6) is 0.701. The molecule has 0 spiro atoms. The van der Waals surface area contributed by atoms with Crippen molar-refractivity contribution in [1.29, 1.82) is 0 Å². The van der Waals surface area contributed by atoms with Crippen LogP contribution in [0.1, 0.15) is 37.3 Å². The van der Waals surface area contributed by atoms with Gasteiger partial charge in [-0.25, -0.2) is 0 Å². The summed E-state index contributed by atoms with van der Waals surface area (Å²) in [4.78, 5) is 3.49. The van der Waals surface area contributed by atoms with Crippen molar-refractivity contribution in [2.75, 3.05) is 32.7 Å². The molecule has 0 amide bonds. The third kappa shape index (κ3) is 9.07. The first-order chi connectivity index (χ1) is 19.8. The molecule has 0 bridgehead atoms. The van der Waals surface area contributed by atoms with Crippen LogP contribution in [-0.2, 0) is 6.18 Å².